The second-order valence-electron chi connectivity index (χ2n) is 7.68. The van der Waals surface area contributed by atoms with E-state index >= 15 is 0 Å². The molecule has 0 saturated carbocycles. The second-order valence-corrected chi connectivity index (χ2v) is 7.68. The number of hydrogen-bond donors (Lipinski definition) is 2. The maximum Gasteiger partial charge on any atom is 0.240 e. The first-order chi connectivity index (χ1) is 13.6. The van der Waals surface area contributed by atoms with Crippen LogP contribution < -0.4 is 11.5 Å². The summed E-state index contributed by atoms with van der Waals surface area (Å²) in [5.41, 5.74) is 17.2. The third-order valence-corrected chi connectivity index (χ3v) is 5.46. The number of aryl methyl sites for hydroxylation is 1. The maximum atomic E-state index is 6.04. The van der Waals surface area contributed by atoms with Gasteiger partial charge in [0.05, 0.1) is 11.4 Å². The molecule has 4 N–H and O–H groups in total. The molecule has 0 atom stereocenters. The summed E-state index contributed by atoms with van der Waals surface area (Å²) in [6.45, 7) is 5.65. The van der Waals surface area contributed by atoms with Crippen LogP contribution in [-0.2, 0) is 19.4 Å². The molecule has 1 saturated heterocycles. The molecule has 7 heteroatoms. The number of nitrogens with two attached hydrogens (primary N) is 2. The maximum absolute atomic E-state index is 6.04. The first-order valence-corrected chi connectivity index (χ1v) is 10.2. The molecular formula is C21H29N7. The van der Waals surface area contributed by atoms with Gasteiger partial charge in [-0.2, -0.15) is 4.98 Å². The quantitative estimate of drug-likeness (QED) is 0.655. The van der Waals surface area contributed by atoms with E-state index in [9.17, 15) is 0 Å². The monoisotopic (exact) mass is 379 g/mol. The van der Waals surface area contributed by atoms with Gasteiger partial charge in [-0.15, -0.1) is 5.10 Å². The Labute approximate surface area is 165 Å². The molecule has 0 spiro atoms. The van der Waals surface area contributed by atoms with Crippen LogP contribution in [0.15, 0.2) is 24.3 Å². The van der Waals surface area contributed by atoms with E-state index < -0.39 is 0 Å². The molecule has 148 valence electrons. The van der Waals surface area contributed by atoms with E-state index in [1.807, 2.05) is 0 Å². The Morgan fingerprint density at radius 3 is 2.43 bits per heavy atom. The van der Waals surface area contributed by atoms with Crippen molar-refractivity contribution in [1.29, 1.82) is 0 Å². The Hall–Kier alpha value is -2.67. The van der Waals surface area contributed by atoms with E-state index in [2.05, 4.69) is 46.2 Å². The number of unbranched alkanes of at least 4 members (excludes halogenated alkanes) is 1. The zero-order chi connectivity index (χ0) is 19.5. The molecule has 4 rings (SSSR count). The number of nitrogens with zero attached hydrogens (tertiary/aromatic N) is 5. The van der Waals surface area contributed by atoms with Crippen molar-refractivity contribution in [2.24, 2.45) is 0 Å². The summed E-state index contributed by atoms with van der Waals surface area (Å²) < 4.78 is 1.78. The SMILES string of the molecule is CCCCc1nc2c(N)nc(N)nn2c1Cc1ccc(CN2CCCC2)cc1. The minimum atomic E-state index is 0.173. The summed E-state index contributed by atoms with van der Waals surface area (Å²) in [6.07, 6.45) is 6.49. The van der Waals surface area contributed by atoms with E-state index in [0.29, 0.717) is 11.5 Å². The van der Waals surface area contributed by atoms with Crippen LogP contribution in [0.4, 0.5) is 11.8 Å². The van der Waals surface area contributed by atoms with Crippen LogP contribution in [0.3, 0.4) is 0 Å². The van der Waals surface area contributed by atoms with Gasteiger partial charge in [0.25, 0.3) is 0 Å². The van der Waals surface area contributed by atoms with Gasteiger partial charge in [0.2, 0.25) is 5.95 Å². The van der Waals surface area contributed by atoms with Gasteiger partial charge >= 0.3 is 0 Å². The summed E-state index contributed by atoms with van der Waals surface area (Å²) in [5.74, 6) is 0.504. The van der Waals surface area contributed by atoms with Gasteiger partial charge < -0.3 is 11.5 Å². The Balaban J connectivity index is 1.60. The van der Waals surface area contributed by atoms with Gasteiger partial charge in [0, 0.05) is 13.0 Å². The highest BCUT2D eigenvalue weighted by Gasteiger charge is 2.17. The van der Waals surface area contributed by atoms with Crippen molar-refractivity contribution in [3.05, 3.63) is 46.8 Å². The fourth-order valence-corrected chi connectivity index (χ4v) is 3.94. The summed E-state index contributed by atoms with van der Waals surface area (Å²) >= 11 is 0. The average Bonchev–Trinajstić information content (AvgIpc) is 3.30. The Kier molecular flexibility index (Phi) is 5.43. The van der Waals surface area contributed by atoms with Gasteiger partial charge in [0.1, 0.15) is 0 Å². The molecule has 0 unspecified atom stereocenters. The Morgan fingerprint density at radius 2 is 1.71 bits per heavy atom. The van der Waals surface area contributed by atoms with Gasteiger partial charge in [-0.05, 0) is 49.9 Å². The molecule has 0 amide bonds. The lowest BCUT2D eigenvalue weighted by Crippen LogP contribution is -2.18. The fourth-order valence-electron chi connectivity index (χ4n) is 3.94. The number of aromatic nitrogens is 4. The molecule has 0 aliphatic carbocycles. The van der Waals surface area contributed by atoms with Gasteiger partial charge in [-0.25, -0.2) is 9.50 Å². The van der Waals surface area contributed by atoms with Crippen LogP contribution in [0, 0.1) is 0 Å². The van der Waals surface area contributed by atoms with E-state index in [4.69, 9.17) is 16.5 Å². The summed E-state index contributed by atoms with van der Waals surface area (Å²) in [6, 6.07) is 8.89. The summed E-state index contributed by atoms with van der Waals surface area (Å²) in [7, 11) is 0. The van der Waals surface area contributed by atoms with Crippen molar-refractivity contribution < 1.29 is 0 Å². The Bertz CT molecular complexity index is 940. The van der Waals surface area contributed by atoms with Crippen LogP contribution in [0.25, 0.3) is 5.65 Å². The minimum absolute atomic E-state index is 0.173. The van der Waals surface area contributed by atoms with Crippen LogP contribution in [-0.4, -0.2) is 37.6 Å². The zero-order valence-corrected chi connectivity index (χ0v) is 16.6. The second kappa shape index (κ2) is 8.14. The minimum Gasteiger partial charge on any atom is -0.380 e. The topological polar surface area (TPSA) is 98.4 Å². The molecule has 1 aromatic carbocycles. The highest BCUT2D eigenvalue weighted by Crippen LogP contribution is 2.22. The highest BCUT2D eigenvalue weighted by molar-refractivity contribution is 5.62. The van der Waals surface area contributed by atoms with Crippen molar-refractivity contribution in [1.82, 2.24) is 24.5 Å². The number of fused-ring (bicyclic) bond motifs is 1. The lowest BCUT2D eigenvalue weighted by molar-refractivity contribution is 0.331. The summed E-state index contributed by atoms with van der Waals surface area (Å²) in [5, 5.41) is 4.38. The first kappa shape index (κ1) is 18.7. The zero-order valence-electron chi connectivity index (χ0n) is 16.6. The summed E-state index contributed by atoms with van der Waals surface area (Å²) in [4.78, 5) is 11.3. The Morgan fingerprint density at radius 1 is 1.00 bits per heavy atom. The lowest BCUT2D eigenvalue weighted by Gasteiger charge is -2.14. The third-order valence-electron chi connectivity index (χ3n) is 5.46. The molecule has 3 heterocycles. The van der Waals surface area contributed by atoms with Gasteiger partial charge in [0.15, 0.2) is 11.5 Å². The molecule has 1 aliphatic rings. The molecule has 28 heavy (non-hydrogen) atoms. The number of hydrogen-bond acceptors (Lipinski definition) is 6. The molecule has 1 fully saturated rings. The number of anilines is 2. The lowest BCUT2D eigenvalue weighted by atomic mass is 10.0. The molecule has 7 nitrogen and oxygen atoms in total. The van der Waals surface area contributed by atoms with Gasteiger partial charge in [-0.3, -0.25) is 4.90 Å². The molecule has 2 aromatic heterocycles. The first-order valence-electron chi connectivity index (χ1n) is 10.2. The van der Waals surface area contributed by atoms with E-state index in [1.165, 1.54) is 37.1 Å². The standard InChI is InChI=1S/C21H29N7/c1-2-3-6-17-18(28-20(24-17)19(22)25-21(23)26-28)13-15-7-9-16(10-8-15)14-27-11-4-5-12-27/h7-10H,2-6,11-14H2,1H3,(H4,22,23,25,26). The molecule has 1 aliphatic heterocycles. The normalized spacial score (nSPS) is 14.9. The van der Waals surface area contributed by atoms with Crippen LogP contribution in [0.5, 0.6) is 0 Å². The molecule has 3 aromatic rings. The van der Waals surface area contributed by atoms with E-state index in [0.717, 1.165) is 43.6 Å². The van der Waals surface area contributed by atoms with Crippen molar-refractivity contribution in [2.45, 2.75) is 52.0 Å². The van der Waals surface area contributed by atoms with Crippen LogP contribution in [0.2, 0.25) is 0 Å². The number of nitrogen functional groups attached to an aromatic ring is 2. The van der Waals surface area contributed by atoms with Gasteiger partial charge in [-0.1, -0.05) is 37.6 Å². The number of imidazole rings is 1. The molecular weight excluding hydrogens is 350 g/mol. The van der Waals surface area contributed by atoms with Crippen LogP contribution in [0.1, 0.15) is 55.1 Å². The third kappa shape index (κ3) is 3.94. The molecule has 0 radical (unpaired) electrons. The van der Waals surface area contributed by atoms with Crippen LogP contribution >= 0.6 is 0 Å². The van der Waals surface area contributed by atoms with Crippen molar-refractivity contribution >= 4 is 17.4 Å². The fraction of sp³-hybridized carbons (Fsp3) is 0.476. The molecule has 0 bridgehead atoms. The number of likely N-dealkylation sites (tertiary alicyclic amines) is 1. The predicted molar refractivity (Wildman–Crippen MR) is 112 cm³/mol. The highest BCUT2D eigenvalue weighted by atomic mass is 15.3. The average molecular weight is 380 g/mol. The largest absolute Gasteiger partial charge is 0.380 e. The number of benzene rings is 1. The van der Waals surface area contributed by atoms with Crippen molar-refractivity contribution in [3.8, 4) is 0 Å². The van der Waals surface area contributed by atoms with E-state index in [-0.39, 0.29) is 5.95 Å². The van der Waals surface area contributed by atoms with Crippen molar-refractivity contribution in [2.75, 3.05) is 24.6 Å². The van der Waals surface area contributed by atoms with E-state index in [1.54, 1.807) is 4.52 Å². The predicted octanol–water partition coefficient (Wildman–Crippen LogP) is 2.82. The number of rotatable bonds is 7. The smallest absolute Gasteiger partial charge is 0.240 e. The van der Waals surface area contributed by atoms with Crippen molar-refractivity contribution in [3.63, 3.8) is 0 Å².